The van der Waals surface area contributed by atoms with Crippen molar-refractivity contribution in [3.05, 3.63) is 46.5 Å². The Bertz CT molecular complexity index is 687. The van der Waals surface area contributed by atoms with Gasteiger partial charge in [0.1, 0.15) is 11.6 Å². The summed E-state index contributed by atoms with van der Waals surface area (Å²) >= 11 is 5.88. The van der Waals surface area contributed by atoms with E-state index in [0.717, 1.165) is 5.56 Å². The number of nitrogens with zero attached hydrogens (tertiary/aromatic N) is 2. The molecule has 0 aliphatic heterocycles. The molecule has 0 aliphatic carbocycles. The first kappa shape index (κ1) is 15.3. The monoisotopic (exact) mass is 306 g/mol. The molecule has 0 bridgehead atoms. The topological polar surface area (TPSA) is 72.3 Å². The lowest BCUT2D eigenvalue weighted by Gasteiger charge is -2.12. The van der Waals surface area contributed by atoms with Crippen molar-refractivity contribution in [3.63, 3.8) is 0 Å². The lowest BCUT2D eigenvalue weighted by molar-refractivity contribution is 0.0686. The van der Waals surface area contributed by atoms with E-state index in [-0.39, 0.29) is 17.4 Å². The van der Waals surface area contributed by atoms with Gasteiger partial charge in [0.25, 0.3) is 0 Å². The van der Waals surface area contributed by atoms with E-state index in [1.165, 1.54) is 6.20 Å². The van der Waals surface area contributed by atoms with Crippen molar-refractivity contribution in [2.45, 2.75) is 26.7 Å². The van der Waals surface area contributed by atoms with E-state index in [1.807, 2.05) is 20.8 Å². The highest BCUT2D eigenvalue weighted by molar-refractivity contribution is 6.30. The van der Waals surface area contributed by atoms with Crippen LogP contribution in [0.3, 0.4) is 0 Å². The predicted octanol–water partition coefficient (Wildman–Crippen LogP) is 4.05. The van der Waals surface area contributed by atoms with E-state index >= 15 is 0 Å². The van der Waals surface area contributed by atoms with E-state index < -0.39 is 5.97 Å². The van der Waals surface area contributed by atoms with Crippen LogP contribution in [0, 0.1) is 6.92 Å². The molecule has 6 heteroatoms. The quantitative estimate of drug-likeness (QED) is 0.922. The van der Waals surface area contributed by atoms with E-state index in [2.05, 4.69) is 9.97 Å². The van der Waals surface area contributed by atoms with Gasteiger partial charge in [-0.1, -0.05) is 25.4 Å². The van der Waals surface area contributed by atoms with Crippen molar-refractivity contribution in [1.29, 1.82) is 0 Å². The maximum absolute atomic E-state index is 11.3. The lowest BCUT2D eigenvalue weighted by Crippen LogP contribution is -2.08. The smallest absolute Gasteiger partial charge is 0.358 e. The second-order valence-electron chi connectivity index (χ2n) is 4.91. The molecule has 0 aliphatic rings. The third kappa shape index (κ3) is 3.49. The molecule has 110 valence electrons. The summed E-state index contributed by atoms with van der Waals surface area (Å²) in [6, 6.07) is 5.09. The Hall–Kier alpha value is -2.14. The number of carboxylic acids is 1. The highest BCUT2D eigenvalue weighted by atomic mass is 35.5. The van der Waals surface area contributed by atoms with Crippen LogP contribution in [0.1, 0.15) is 41.6 Å². The van der Waals surface area contributed by atoms with Gasteiger partial charge in [-0.05, 0) is 30.7 Å². The summed E-state index contributed by atoms with van der Waals surface area (Å²) in [5.41, 5.74) is 0.648. The van der Waals surface area contributed by atoms with E-state index in [9.17, 15) is 9.90 Å². The molecule has 21 heavy (non-hydrogen) atoms. The molecule has 1 heterocycles. The number of rotatable bonds is 4. The minimum atomic E-state index is -1.15. The maximum atomic E-state index is 11.3. The molecule has 0 amide bonds. The van der Waals surface area contributed by atoms with Crippen molar-refractivity contribution >= 4 is 17.6 Å². The van der Waals surface area contributed by atoms with Gasteiger partial charge >= 0.3 is 5.97 Å². The molecule has 0 spiro atoms. The fourth-order valence-corrected chi connectivity index (χ4v) is 1.96. The van der Waals surface area contributed by atoms with Crippen LogP contribution in [0.15, 0.2) is 24.4 Å². The number of benzene rings is 1. The average Bonchev–Trinajstić information content (AvgIpc) is 2.41. The molecule has 2 rings (SSSR count). The van der Waals surface area contributed by atoms with Crippen LogP contribution < -0.4 is 4.74 Å². The van der Waals surface area contributed by atoms with Gasteiger partial charge in [-0.3, -0.25) is 0 Å². The van der Waals surface area contributed by atoms with Crippen LogP contribution in [0.5, 0.6) is 11.5 Å². The Morgan fingerprint density at radius 1 is 1.33 bits per heavy atom. The number of ether oxygens (including phenoxy) is 1. The first-order valence-electron chi connectivity index (χ1n) is 6.42. The zero-order valence-electron chi connectivity index (χ0n) is 11.9. The van der Waals surface area contributed by atoms with Crippen LogP contribution in [-0.2, 0) is 0 Å². The molecule has 0 saturated heterocycles. The minimum absolute atomic E-state index is 0.0365. The summed E-state index contributed by atoms with van der Waals surface area (Å²) in [6.07, 6.45) is 1.39. The van der Waals surface area contributed by atoms with E-state index in [0.29, 0.717) is 16.6 Å². The van der Waals surface area contributed by atoms with Gasteiger partial charge in [0.15, 0.2) is 11.4 Å². The molecule has 1 aromatic heterocycles. The molecule has 5 nitrogen and oxygen atoms in total. The summed E-state index contributed by atoms with van der Waals surface area (Å²) in [4.78, 5) is 19.5. The van der Waals surface area contributed by atoms with Gasteiger partial charge < -0.3 is 9.84 Å². The first-order chi connectivity index (χ1) is 9.88. The van der Waals surface area contributed by atoms with Crippen molar-refractivity contribution in [1.82, 2.24) is 9.97 Å². The largest absolute Gasteiger partial charge is 0.476 e. The molecule has 2 aromatic rings. The molecule has 0 atom stereocenters. The van der Waals surface area contributed by atoms with Crippen molar-refractivity contribution in [3.8, 4) is 11.5 Å². The molecule has 0 unspecified atom stereocenters. The van der Waals surface area contributed by atoms with Gasteiger partial charge in [-0.2, -0.15) is 0 Å². The second kappa shape index (κ2) is 6.10. The molecule has 0 fully saturated rings. The zero-order valence-corrected chi connectivity index (χ0v) is 12.7. The third-order valence-electron chi connectivity index (χ3n) is 2.85. The standard InChI is InChI=1S/C15H15ClN2O3/c1-8(2)14-17-7-12(13(18-14)15(19)20)21-11-5-4-10(16)6-9(11)3/h4-8H,1-3H3,(H,19,20). The Labute approximate surface area is 127 Å². The van der Waals surface area contributed by atoms with Crippen molar-refractivity contribution in [2.24, 2.45) is 0 Å². The summed E-state index contributed by atoms with van der Waals surface area (Å²) < 4.78 is 5.63. The zero-order chi connectivity index (χ0) is 15.6. The van der Waals surface area contributed by atoms with Gasteiger partial charge in [0.05, 0.1) is 6.20 Å². The van der Waals surface area contributed by atoms with Gasteiger partial charge in [0, 0.05) is 10.9 Å². The summed E-state index contributed by atoms with van der Waals surface area (Å²) in [6.45, 7) is 5.61. The summed E-state index contributed by atoms with van der Waals surface area (Å²) in [7, 11) is 0. The normalized spacial score (nSPS) is 10.7. The number of carboxylic acid groups (broad SMARTS) is 1. The maximum Gasteiger partial charge on any atom is 0.358 e. The average molecular weight is 307 g/mol. The second-order valence-corrected chi connectivity index (χ2v) is 5.35. The number of hydrogen-bond acceptors (Lipinski definition) is 4. The minimum Gasteiger partial charge on any atom is -0.476 e. The molecular formula is C15H15ClN2O3. The Kier molecular flexibility index (Phi) is 4.43. The summed E-state index contributed by atoms with van der Waals surface area (Å²) in [5.74, 6) is -0.0250. The Balaban J connectivity index is 2.41. The van der Waals surface area contributed by atoms with Gasteiger partial charge in [-0.25, -0.2) is 14.8 Å². The number of carbonyl (C=O) groups is 1. The van der Waals surface area contributed by atoms with Gasteiger partial charge in [0.2, 0.25) is 0 Å². The third-order valence-corrected chi connectivity index (χ3v) is 3.08. The molecule has 0 saturated carbocycles. The molecular weight excluding hydrogens is 292 g/mol. The highest BCUT2D eigenvalue weighted by Gasteiger charge is 2.18. The van der Waals surface area contributed by atoms with Crippen LogP contribution in [0.4, 0.5) is 0 Å². The fourth-order valence-electron chi connectivity index (χ4n) is 1.74. The van der Waals surface area contributed by atoms with Crippen LogP contribution in [-0.4, -0.2) is 21.0 Å². The lowest BCUT2D eigenvalue weighted by atomic mass is 10.2. The van der Waals surface area contributed by atoms with Crippen LogP contribution in [0.2, 0.25) is 5.02 Å². The van der Waals surface area contributed by atoms with Crippen LogP contribution >= 0.6 is 11.6 Å². The number of aromatic nitrogens is 2. The molecule has 1 N–H and O–H groups in total. The Morgan fingerprint density at radius 2 is 2.05 bits per heavy atom. The predicted molar refractivity (Wildman–Crippen MR) is 79.3 cm³/mol. The number of hydrogen-bond donors (Lipinski definition) is 1. The van der Waals surface area contributed by atoms with E-state index in [1.54, 1.807) is 18.2 Å². The number of halogens is 1. The molecule has 1 aromatic carbocycles. The Morgan fingerprint density at radius 3 is 2.62 bits per heavy atom. The van der Waals surface area contributed by atoms with Crippen molar-refractivity contribution < 1.29 is 14.6 Å². The fraction of sp³-hybridized carbons (Fsp3) is 0.267. The highest BCUT2D eigenvalue weighted by Crippen LogP contribution is 2.29. The number of aryl methyl sites for hydroxylation is 1. The number of aromatic carboxylic acids is 1. The summed E-state index contributed by atoms with van der Waals surface area (Å²) in [5, 5.41) is 9.86. The van der Waals surface area contributed by atoms with Gasteiger partial charge in [-0.15, -0.1) is 0 Å². The van der Waals surface area contributed by atoms with E-state index in [4.69, 9.17) is 16.3 Å². The van der Waals surface area contributed by atoms with Crippen LogP contribution in [0.25, 0.3) is 0 Å². The molecule has 0 radical (unpaired) electrons. The SMILES string of the molecule is Cc1cc(Cl)ccc1Oc1cnc(C(C)C)nc1C(=O)O. The first-order valence-corrected chi connectivity index (χ1v) is 6.80. The van der Waals surface area contributed by atoms with Crippen molar-refractivity contribution in [2.75, 3.05) is 0 Å².